The minimum absolute atomic E-state index is 0.597. The average Bonchev–Trinajstić information content (AvgIpc) is 3.28. The lowest BCUT2D eigenvalue weighted by molar-refractivity contribution is 0.751. The molecule has 0 unspecified atom stereocenters. The number of benzene rings is 1. The number of nitrogen functional groups attached to an aromatic ring is 1. The van der Waals surface area contributed by atoms with E-state index in [-0.39, 0.29) is 0 Å². The molecule has 0 radical (unpaired) electrons. The maximum atomic E-state index is 6.27. The molecule has 1 aromatic heterocycles. The van der Waals surface area contributed by atoms with Crippen molar-refractivity contribution >= 4 is 5.82 Å². The standard InChI is InChI=1S/C15H17N3/c16-15-14(17-9-18(15)11-7-8-11)13-4-2-1-3-12(13)10-5-6-10/h1-4,9-11H,5-8,16H2. The molecular formula is C15H17N3. The second-order valence-electron chi connectivity index (χ2n) is 5.48. The highest BCUT2D eigenvalue weighted by atomic mass is 15.2. The highest BCUT2D eigenvalue weighted by Gasteiger charge is 2.30. The summed E-state index contributed by atoms with van der Waals surface area (Å²) in [6.45, 7) is 0. The van der Waals surface area contributed by atoms with Crippen molar-refractivity contribution in [1.82, 2.24) is 9.55 Å². The first-order valence-corrected chi connectivity index (χ1v) is 6.76. The van der Waals surface area contributed by atoms with E-state index >= 15 is 0 Å². The minimum atomic E-state index is 0.597. The van der Waals surface area contributed by atoms with Crippen molar-refractivity contribution in [2.24, 2.45) is 0 Å². The Kier molecular flexibility index (Phi) is 2.04. The molecular weight excluding hydrogens is 222 g/mol. The monoisotopic (exact) mass is 239 g/mol. The fourth-order valence-corrected chi connectivity index (χ4v) is 2.68. The summed E-state index contributed by atoms with van der Waals surface area (Å²) in [5, 5.41) is 0. The molecule has 3 heteroatoms. The summed E-state index contributed by atoms with van der Waals surface area (Å²) >= 11 is 0. The molecule has 0 bridgehead atoms. The molecule has 0 spiro atoms. The fraction of sp³-hybridized carbons (Fsp3) is 0.400. The van der Waals surface area contributed by atoms with Crippen LogP contribution in [-0.2, 0) is 0 Å². The lowest BCUT2D eigenvalue weighted by Gasteiger charge is -2.08. The van der Waals surface area contributed by atoms with Crippen LogP contribution in [0.2, 0.25) is 0 Å². The van der Waals surface area contributed by atoms with Crippen molar-refractivity contribution in [2.45, 2.75) is 37.6 Å². The van der Waals surface area contributed by atoms with Gasteiger partial charge in [0.05, 0.1) is 6.33 Å². The summed E-state index contributed by atoms with van der Waals surface area (Å²) in [4.78, 5) is 4.56. The van der Waals surface area contributed by atoms with Crippen LogP contribution in [0.25, 0.3) is 11.3 Å². The zero-order valence-electron chi connectivity index (χ0n) is 10.3. The summed E-state index contributed by atoms with van der Waals surface area (Å²) < 4.78 is 2.14. The molecule has 2 N–H and O–H groups in total. The summed E-state index contributed by atoms with van der Waals surface area (Å²) in [5.41, 5.74) is 9.90. The Morgan fingerprint density at radius 1 is 1.11 bits per heavy atom. The maximum absolute atomic E-state index is 6.27. The SMILES string of the molecule is Nc1c(-c2ccccc2C2CC2)ncn1C1CC1. The Labute approximate surface area is 107 Å². The third-order valence-corrected chi connectivity index (χ3v) is 4.01. The minimum Gasteiger partial charge on any atom is -0.383 e. The van der Waals surface area contributed by atoms with Crippen LogP contribution in [0.5, 0.6) is 0 Å². The van der Waals surface area contributed by atoms with E-state index in [9.17, 15) is 0 Å². The van der Waals surface area contributed by atoms with Gasteiger partial charge in [-0.15, -0.1) is 0 Å². The van der Waals surface area contributed by atoms with Gasteiger partial charge in [0.1, 0.15) is 11.5 Å². The van der Waals surface area contributed by atoms with Crippen LogP contribution in [0, 0.1) is 0 Å². The quantitative estimate of drug-likeness (QED) is 0.892. The lowest BCUT2D eigenvalue weighted by atomic mass is 10.0. The zero-order chi connectivity index (χ0) is 12.1. The Morgan fingerprint density at radius 3 is 2.61 bits per heavy atom. The van der Waals surface area contributed by atoms with Gasteiger partial charge in [0.15, 0.2) is 0 Å². The predicted molar refractivity (Wildman–Crippen MR) is 72.3 cm³/mol. The van der Waals surface area contributed by atoms with Crippen LogP contribution in [0.1, 0.15) is 43.2 Å². The molecule has 3 nitrogen and oxygen atoms in total. The average molecular weight is 239 g/mol. The number of hydrogen-bond acceptors (Lipinski definition) is 2. The van der Waals surface area contributed by atoms with E-state index in [1.54, 1.807) is 0 Å². The fourth-order valence-electron chi connectivity index (χ4n) is 2.68. The van der Waals surface area contributed by atoms with E-state index in [1.165, 1.54) is 36.8 Å². The number of imidazole rings is 1. The Hall–Kier alpha value is -1.77. The number of rotatable bonds is 3. The summed E-state index contributed by atoms with van der Waals surface area (Å²) in [5.74, 6) is 1.57. The molecule has 18 heavy (non-hydrogen) atoms. The topological polar surface area (TPSA) is 43.8 Å². The Morgan fingerprint density at radius 2 is 1.89 bits per heavy atom. The van der Waals surface area contributed by atoms with E-state index in [1.807, 2.05) is 6.33 Å². The number of anilines is 1. The van der Waals surface area contributed by atoms with E-state index in [0.717, 1.165) is 17.4 Å². The van der Waals surface area contributed by atoms with Crippen LogP contribution in [-0.4, -0.2) is 9.55 Å². The first kappa shape index (κ1) is 10.2. The smallest absolute Gasteiger partial charge is 0.131 e. The van der Waals surface area contributed by atoms with Crippen LogP contribution in [0.3, 0.4) is 0 Å². The van der Waals surface area contributed by atoms with Crippen molar-refractivity contribution in [3.8, 4) is 11.3 Å². The van der Waals surface area contributed by atoms with Gasteiger partial charge < -0.3 is 10.3 Å². The van der Waals surface area contributed by atoms with Gasteiger partial charge in [0.25, 0.3) is 0 Å². The molecule has 2 fully saturated rings. The number of aromatic nitrogens is 2. The normalized spacial score (nSPS) is 19.1. The van der Waals surface area contributed by atoms with E-state index in [0.29, 0.717) is 6.04 Å². The van der Waals surface area contributed by atoms with E-state index < -0.39 is 0 Å². The van der Waals surface area contributed by atoms with Crippen molar-refractivity contribution in [2.75, 3.05) is 5.73 Å². The second-order valence-corrected chi connectivity index (χ2v) is 5.48. The second kappa shape index (κ2) is 3.61. The highest BCUT2D eigenvalue weighted by molar-refractivity contribution is 5.74. The molecule has 4 rings (SSSR count). The number of nitrogens with two attached hydrogens (primary N) is 1. The van der Waals surface area contributed by atoms with Gasteiger partial charge in [-0.05, 0) is 37.2 Å². The van der Waals surface area contributed by atoms with E-state index in [4.69, 9.17) is 5.73 Å². The van der Waals surface area contributed by atoms with Crippen LogP contribution in [0.4, 0.5) is 5.82 Å². The molecule has 1 heterocycles. The molecule has 2 aromatic rings. The number of nitrogens with zero attached hydrogens (tertiary/aromatic N) is 2. The maximum Gasteiger partial charge on any atom is 0.131 e. The molecule has 0 saturated heterocycles. The Bertz CT molecular complexity index is 592. The molecule has 0 amide bonds. The summed E-state index contributed by atoms with van der Waals surface area (Å²) in [6, 6.07) is 9.17. The number of hydrogen-bond donors (Lipinski definition) is 1. The predicted octanol–water partition coefficient (Wildman–Crippen LogP) is 3.34. The van der Waals surface area contributed by atoms with Crippen molar-refractivity contribution < 1.29 is 0 Å². The van der Waals surface area contributed by atoms with Gasteiger partial charge in [0.2, 0.25) is 0 Å². The summed E-state index contributed by atoms with van der Waals surface area (Å²) in [6.07, 6.45) is 7.00. The van der Waals surface area contributed by atoms with Gasteiger partial charge in [-0.25, -0.2) is 4.98 Å². The van der Waals surface area contributed by atoms with Gasteiger partial charge in [0, 0.05) is 11.6 Å². The van der Waals surface area contributed by atoms with Gasteiger partial charge in [-0.2, -0.15) is 0 Å². The van der Waals surface area contributed by atoms with Gasteiger partial charge in [-0.3, -0.25) is 0 Å². The van der Waals surface area contributed by atoms with Crippen LogP contribution >= 0.6 is 0 Å². The third-order valence-electron chi connectivity index (χ3n) is 4.01. The largest absolute Gasteiger partial charge is 0.383 e. The van der Waals surface area contributed by atoms with Crippen molar-refractivity contribution in [1.29, 1.82) is 0 Å². The Balaban J connectivity index is 1.82. The molecule has 0 atom stereocenters. The van der Waals surface area contributed by atoms with Crippen molar-refractivity contribution in [3.05, 3.63) is 36.2 Å². The molecule has 2 aliphatic carbocycles. The van der Waals surface area contributed by atoms with Gasteiger partial charge in [-0.1, -0.05) is 24.3 Å². The summed E-state index contributed by atoms with van der Waals surface area (Å²) in [7, 11) is 0. The lowest BCUT2D eigenvalue weighted by Crippen LogP contribution is -2.00. The zero-order valence-corrected chi connectivity index (χ0v) is 10.3. The molecule has 2 aliphatic rings. The molecule has 0 aliphatic heterocycles. The van der Waals surface area contributed by atoms with E-state index in [2.05, 4.69) is 33.8 Å². The van der Waals surface area contributed by atoms with Crippen LogP contribution < -0.4 is 5.73 Å². The van der Waals surface area contributed by atoms with Gasteiger partial charge >= 0.3 is 0 Å². The highest BCUT2D eigenvalue weighted by Crippen LogP contribution is 2.46. The van der Waals surface area contributed by atoms with Crippen LogP contribution in [0.15, 0.2) is 30.6 Å². The first-order chi connectivity index (χ1) is 8.84. The van der Waals surface area contributed by atoms with Crippen molar-refractivity contribution in [3.63, 3.8) is 0 Å². The molecule has 1 aromatic carbocycles. The molecule has 92 valence electrons. The third kappa shape index (κ3) is 1.54. The first-order valence-electron chi connectivity index (χ1n) is 6.76. The molecule has 2 saturated carbocycles.